The summed E-state index contributed by atoms with van der Waals surface area (Å²) in [5.74, 6) is 2.37. The number of rotatable bonds is 8. The first kappa shape index (κ1) is 22.3. The fourth-order valence-corrected chi connectivity index (χ4v) is 4.28. The number of para-hydroxylation sites is 1. The summed E-state index contributed by atoms with van der Waals surface area (Å²) in [6.45, 7) is 6.89. The normalized spacial score (nSPS) is 15.5. The van der Waals surface area contributed by atoms with E-state index in [1.54, 1.807) is 0 Å². The van der Waals surface area contributed by atoms with Crippen molar-refractivity contribution < 1.29 is 19.0 Å². The molecule has 5 rings (SSSR count). The first-order chi connectivity index (χ1) is 16.7. The zero-order chi connectivity index (χ0) is 23.3. The minimum atomic E-state index is -0.0224. The van der Waals surface area contributed by atoms with Gasteiger partial charge in [0.25, 0.3) is 5.91 Å². The minimum absolute atomic E-state index is 0.0224. The maximum absolute atomic E-state index is 13.1. The quantitative estimate of drug-likeness (QED) is 0.511. The van der Waals surface area contributed by atoms with Gasteiger partial charge in [-0.1, -0.05) is 31.5 Å². The highest BCUT2D eigenvalue weighted by Crippen LogP contribution is 2.33. The molecule has 178 valence electrons. The molecular formula is C26H30N4O4. The highest BCUT2D eigenvalue weighted by atomic mass is 16.7. The van der Waals surface area contributed by atoms with Gasteiger partial charge in [0.15, 0.2) is 11.5 Å². The second-order valence-corrected chi connectivity index (χ2v) is 8.62. The number of fused-ring (bicyclic) bond motifs is 1. The first-order valence-electron chi connectivity index (χ1n) is 11.9. The molecule has 0 radical (unpaired) electrons. The Kier molecular flexibility index (Phi) is 6.67. The number of ether oxygens (including phenoxy) is 3. The summed E-state index contributed by atoms with van der Waals surface area (Å²) >= 11 is 0. The number of H-pyrrole nitrogens is 1. The van der Waals surface area contributed by atoms with Crippen LogP contribution in [-0.2, 0) is 6.54 Å². The van der Waals surface area contributed by atoms with Crippen LogP contribution in [0.4, 0.5) is 0 Å². The highest BCUT2D eigenvalue weighted by molar-refractivity contribution is 5.93. The molecule has 8 nitrogen and oxygen atoms in total. The van der Waals surface area contributed by atoms with Crippen LogP contribution in [0.2, 0.25) is 0 Å². The molecule has 0 spiro atoms. The van der Waals surface area contributed by atoms with Crippen molar-refractivity contribution in [3.05, 3.63) is 59.8 Å². The second-order valence-electron chi connectivity index (χ2n) is 8.62. The average molecular weight is 463 g/mol. The molecule has 2 aliphatic rings. The molecule has 2 aromatic carbocycles. The number of amides is 1. The summed E-state index contributed by atoms with van der Waals surface area (Å²) in [4.78, 5) is 17.3. The summed E-state index contributed by atoms with van der Waals surface area (Å²) in [5, 5.41) is 7.34. The Bertz CT molecular complexity index is 1140. The maximum atomic E-state index is 13.1. The molecule has 0 bridgehead atoms. The molecule has 0 unspecified atom stereocenters. The number of aromatic nitrogens is 2. The van der Waals surface area contributed by atoms with Crippen molar-refractivity contribution in [3.63, 3.8) is 0 Å². The van der Waals surface area contributed by atoms with Gasteiger partial charge in [0, 0.05) is 38.3 Å². The lowest BCUT2D eigenvalue weighted by atomic mass is 10.1. The number of benzene rings is 2. The molecule has 8 heteroatoms. The lowest BCUT2D eigenvalue weighted by Gasteiger charge is -2.34. The number of piperazine rings is 1. The van der Waals surface area contributed by atoms with Crippen LogP contribution in [0, 0.1) is 0 Å². The van der Waals surface area contributed by atoms with Crippen LogP contribution in [0.5, 0.6) is 17.2 Å². The predicted octanol–water partition coefficient (Wildman–Crippen LogP) is 3.94. The molecule has 1 amide bonds. The van der Waals surface area contributed by atoms with E-state index < -0.39 is 0 Å². The van der Waals surface area contributed by atoms with E-state index in [-0.39, 0.29) is 12.7 Å². The number of aromatic amines is 1. The van der Waals surface area contributed by atoms with Crippen LogP contribution in [0.1, 0.15) is 35.8 Å². The number of nitrogens with zero attached hydrogens (tertiary/aromatic N) is 3. The van der Waals surface area contributed by atoms with E-state index in [1.165, 1.54) is 5.56 Å². The third kappa shape index (κ3) is 4.87. The van der Waals surface area contributed by atoms with Gasteiger partial charge >= 0.3 is 0 Å². The Balaban J connectivity index is 1.18. The van der Waals surface area contributed by atoms with Crippen molar-refractivity contribution in [2.75, 3.05) is 39.6 Å². The average Bonchev–Trinajstić information content (AvgIpc) is 3.54. The van der Waals surface area contributed by atoms with E-state index in [2.05, 4.69) is 28.1 Å². The number of unbranched alkanes of at least 4 members (excludes halogenated alkanes) is 1. The number of nitrogens with one attached hydrogen (secondary N) is 1. The molecule has 34 heavy (non-hydrogen) atoms. The standard InChI is InChI=1S/C26H30N4O4/c1-2-3-14-32-23-7-5-4-6-20(23)21-16-22(28-27-21)26(31)30-12-10-29(11-13-30)17-19-8-9-24-25(15-19)34-18-33-24/h4-9,15-16H,2-3,10-14,17-18H2,1H3,(H,27,28). The van der Waals surface area contributed by atoms with Crippen LogP contribution in [0.25, 0.3) is 11.3 Å². The van der Waals surface area contributed by atoms with Gasteiger partial charge in [0.05, 0.1) is 12.3 Å². The van der Waals surface area contributed by atoms with Crippen molar-refractivity contribution in [2.24, 2.45) is 0 Å². The van der Waals surface area contributed by atoms with Gasteiger partial charge in [-0.05, 0) is 42.3 Å². The summed E-state index contributed by atoms with van der Waals surface area (Å²) in [7, 11) is 0. The van der Waals surface area contributed by atoms with Gasteiger partial charge in [0.1, 0.15) is 11.4 Å². The maximum Gasteiger partial charge on any atom is 0.271 e. The zero-order valence-corrected chi connectivity index (χ0v) is 19.5. The van der Waals surface area contributed by atoms with Gasteiger partial charge in [-0.15, -0.1) is 0 Å². The van der Waals surface area contributed by atoms with Crippen LogP contribution < -0.4 is 14.2 Å². The van der Waals surface area contributed by atoms with Crippen LogP contribution >= 0.6 is 0 Å². The van der Waals surface area contributed by atoms with Gasteiger partial charge in [0.2, 0.25) is 6.79 Å². The smallest absolute Gasteiger partial charge is 0.271 e. The summed E-state index contributed by atoms with van der Waals surface area (Å²) in [5.41, 5.74) is 3.30. The van der Waals surface area contributed by atoms with E-state index in [0.29, 0.717) is 25.4 Å². The first-order valence-corrected chi connectivity index (χ1v) is 11.9. The van der Waals surface area contributed by atoms with Crippen molar-refractivity contribution >= 4 is 5.91 Å². The SMILES string of the molecule is CCCCOc1ccccc1-c1cc(C(=O)N2CCN(Cc3ccc4c(c3)OCO4)CC2)[nH]n1. The fourth-order valence-electron chi connectivity index (χ4n) is 4.28. The van der Waals surface area contributed by atoms with E-state index in [0.717, 1.165) is 61.0 Å². The third-order valence-electron chi connectivity index (χ3n) is 6.23. The van der Waals surface area contributed by atoms with E-state index in [1.807, 2.05) is 47.4 Å². The van der Waals surface area contributed by atoms with Crippen molar-refractivity contribution in [1.29, 1.82) is 0 Å². The number of carbonyl (C=O) groups is 1. The highest BCUT2D eigenvalue weighted by Gasteiger charge is 2.24. The third-order valence-corrected chi connectivity index (χ3v) is 6.23. The van der Waals surface area contributed by atoms with Crippen molar-refractivity contribution in [3.8, 4) is 28.5 Å². The van der Waals surface area contributed by atoms with Crippen LogP contribution in [0.15, 0.2) is 48.5 Å². The molecule has 1 saturated heterocycles. The largest absolute Gasteiger partial charge is 0.493 e. The van der Waals surface area contributed by atoms with Crippen LogP contribution in [-0.4, -0.2) is 65.5 Å². The van der Waals surface area contributed by atoms with Crippen molar-refractivity contribution in [1.82, 2.24) is 20.0 Å². The summed E-state index contributed by atoms with van der Waals surface area (Å²) in [6.07, 6.45) is 2.08. The Morgan fingerprint density at radius 2 is 1.88 bits per heavy atom. The number of hydrogen-bond donors (Lipinski definition) is 1. The minimum Gasteiger partial charge on any atom is -0.493 e. The Morgan fingerprint density at radius 3 is 2.74 bits per heavy atom. The molecule has 0 atom stereocenters. The number of carbonyl (C=O) groups excluding carboxylic acids is 1. The fraction of sp³-hybridized carbons (Fsp3) is 0.385. The molecule has 2 aliphatic heterocycles. The molecule has 1 N–H and O–H groups in total. The molecular weight excluding hydrogens is 432 g/mol. The Labute approximate surface area is 199 Å². The van der Waals surface area contributed by atoms with Gasteiger partial charge in [-0.2, -0.15) is 5.10 Å². The Hall–Kier alpha value is -3.52. The lowest BCUT2D eigenvalue weighted by molar-refractivity contribution is 0.0622. The summed E-state index contributed by atoms with van der Waals surface area (Å²) in [6, 6.07) is 15.7. The molecule has 0 aliphatic carbocycles. The molecule has 0 saturated carbocycles. The summed E-state index contributed by atoms with van der Waals surface area (Å²) < 4.78 is 16.8. The molecule has 3 aromatic rings. The monoisotopic (exact) mass is 462 g/mol. The molecule has 3 heterocycles. The zero-order valence-electron chi connectivity index (χ0n) is 19.5. The van der Waals surface area contributed by atoms with E-state index in [4.69, 9.17) is 14.2 Å². The second kappa shape index (κ2) is 10.2. The lowest BCUT2D eigenvalue weighted by Crippen LogP contribution is -2.48. The Morgan fingerprint density at radius 1 is 1.06 bits per heavy atom. The molecule has 1 aromatic heterocycles. The van der Waals surface area contributed by atoms with E-state index >= 15 is 0 Å². The van der Waals surface area contributed by atoms with Gasteiger partial charge < -0.3 is 19.1 Å². The predicted molar refractivity (Wildman–Crippen MR) is 128 cm³/mol. The van der Waals surface area contributed by atoms with E-state index in [9.17, 15) is 4.79 Å². The topological polar surface area (TPSA) is 79.9 Å². The van der Waals surface area contributed by atoms with Gasteiger partial charge in [-0.25, -0.2) is 0 Å². The number of hydrogen-bond acceptors (Lipinski definition) is 6. The van der Waals surface area contributed by atoms with Crippen LogP contribution in [0.3, 0.4) is 0 Å². The van der Waals surface area contributed by atoms with Gasteiger partial charge in [-0.3, -0.25) is 14.8 Å². The molecule has 1 fully saturated rings. The van der Waals surface area contributed by atoms with Crippen molar-refractivity contribution in [2.45, 2.75) is 26.3 Å².